The van der Waals surface area contributed by atoms with E-state index in [-0.39, 0.29) is 17.9 Å². The van der Waals surface area contributed by atoms with Gasteiger partial charge in [-0.3, -0.25) is 14.7 Å². The highest BCUT2D eigenvalue weighted by Gasteiger charge is 2.26. The molecule has 1 saturated carbocycles. The molecule has 2 amide bonds. The minimum absolute atomic E-state index is 0.148. The number of likely N-dealkylation sites (N-methyl/N-ethyl adjacent to an activating group) is 1. The third-order valence-corrected chi connectivity index (χ3v) is 6.73. The van der Waals surface area contributed by atoms with Crippen LogP contribution in [0.15, 0.2) is 55.1 Å². The van der Waals surface area contributed by atoms with Gasteiger partial charge in [0.1, 0.15) is 0 Å². The van der Waals surface area contributed by atoms with Crippen LogP contribution in [0.3, 0.4) is 0 Å². The SMILES string of the molecule is C=CC(=O)Nc1cccc(-c2ccc3[nH]nc(C(=O)NC4CCC(N(C)CCOC)CC4)c3c2)c1. The molecule has 0 atom stereocenters. The van der Waals surface area contributed by atoms with Gasteiger partial charge in [-0.15, -0.1) is 0 Å². The summed E-state index contributed by atoms with van der Waals surface area (Å²) < 4.78 is 5.19. The first kappa shape index (κ1) is 24.6. The molecule has 3 aromatic rings. The predicted molar refractivity (Wildman–Crippen MR) is 138 cm³/mol. The Bertz CT molecular complexity index is 1200. The molecule has 8 heteroatoms. The average molecular weight is 476 g/mol. The van der Waals surface area contributed by atoms with Crippen LogP contribution in [0.25, 0.3) is 22.0 Å². The first-order valence-electron chi connectivity index (χ1n) is 12.0. The van der Waals surface area contributed by atoms with Crippen molar-refractivity contribution >= 4 is 28.4 Å². The van der Waals surface area contributed by atoms with Gasteiger partial charge >= 0.3 is 0 Å². The molecule has 1 aliphatic rings. The third kappa shape index (κ3) is 5.96. The van der Waals surface area contributed by atoms with Crippen LogP contribution in [0.1, 0.15) is 36.2 Å². The second-order valence-corrected chi connectivity index (χ2v) is 9.06. The summed E-state index contributed by atoms with van der Waals surface area (Å²) in [6.45, 7) is 5.14. The number of hydrogen-bond acceptors (Lipinski definition) is 5. The number of anilines is 1. The smallest absolute Gasteiger partial charge is 0.272 e. The minimum Gasteiger partial charge on any atom is -0.383 e. The van der Waals surface area contributed by atoms with E-state index in [1.165, 1.54) is 6.08 Å². The number of ether oxygens (including phenoxy) is 1. The topological polar surface area (TPSA) is 99.3 Å². The number of fused-ring (bicyclic) bond motifs is 1. The summed E-state index contributed by atoms with van der Waals surface area (Å²) in [6.07, 6.45) is 5.24. The molecule has 2 aromatic carbocycles. The highest BCUT2D eigenvalue weighted by Crippen LogP contribution is 2.28. The zero-order chi connectivity index (χ0) is 24.8. The summed E-state index contributed by atoms with van der Waals surface area (Å²) in [6, 6.07) is 14.1. The molecule has 184 valence electrons. The average Bonchev–Trinajstić information content (AvgIpc) is 3.31. The number of carbonyl (C=O) groups is 2. The molecule has 35 heavy (non-hydrogen) atoms. The lowest BCUT2D eigenvalue weighted by molar-refractivity contribution is -0.111. The second-order valence-electron chi connectivity index (χ2n) is 9.06. The molecule has 0 aliphatic heterocycles. The monoisotopic (exact) mass is 475 g/mol. The molecule has 0 unspecified atom stereocenters. The molecule has 0 radical (unpaired) electrons. The van der Waals surface area contributed by atoms with Crippen LogP contribution in [-0.2, 0) is 9.53 Å². The van der Waals surface area contributed by atoms with E-state index in [1.807, 2.05) is 42.5 Å². The first-order valence-corrected chi connectivity index (χ1v) is 12.0. The van der Waals surface area contributed by atoms with Crippen molar-refractivity contribution in [3.8, 4) is 11.1 Å². The molecule has 4 rings (SSSR count). The summed E-state index contributed by atoms with van der Waals surface area (Å²) in [5.41, 5.74) is 3.75. The van der Waals surface area contributed by atoms with Gasteiger partial charge in [-0.1, -0.05) is 24.8 Å². The summed E-state index contributed by atoms with van der Waals surface area (Å²) in [5.74, 6) is -0.418. The number of hydrogen-bond donors (Lipinski definition) is 3. The van der Waals surface area contributed by atoms with Gasteiger partial charge in [0.25, 0.3) is 5.91 Å². The van der Waals surface area contributed by atoms with Crippen LogP contribution in [0.2, 0.25) is 0 Å². The maximum Gasteiger partial charge on any atom is 0.272 e. The Hall–Kier alpha value is -3.49. The van der Waals surface area contributed by atoms with E-state index < -0.39 is 0 Å². The van der Waals surface area contributed by atoms with Gasteiger partial charge in [0.05, 0.1) is 12.1 Å². The van der Waals surface area contributed by atoms with Crippen LogP contribution < -0.4 is 10.6 Å². The van der Waals surface area contributed by atoms with Crippen LogP contribution in [0, 0.1) is 0 Å². The van der Waals surface area contributed by atoms with Crippen molar-refractivity contribution in [1.82, 2.24) is 20.4 Å². The molecule has 0 bridgehead atoms. The van der Waals surface area contributed by atoms with Crippen LogP contribution in [0.5, 0.6) is 0 Å². The van der Waals surface area contributed by atoms with Gasteiger partial charge < -0.3 is 20.3 Å². The zero-order valence-corrected chi connectivity index (χ0v) is 20.3. The lowest BCUT2D eigenvalue weighted by Gasteiger charge is -2.34. The summed E-state index contributed by atoms with van der Waals surface area (Å²) in [7, 11) is 3.86. The largest absolute Gasteiger partial charge is 0.383 e. The first-order chi connectivity index (χ1) is 17.0. The Kier molecular flexibility index (Phi) is 7.94. The van der Waals surface area contributed by atoms with Crippen molar-refractivity contribution in [3.63, 3.8) is 0 Å². The Morgan fingerprint density at radius 1 is 1.17 bits per heavy atom. The number of benzene rings is 2. The van der Waals surface area contributed by atoms with E-state index in [9.17, 15) is 9.59 Å². The van der Waals surface area contributed by atoms with Gasteiger partial charge in [0.15, 0.2) is 5.69 Å². The van der Waals surface area contributed by atoms with Crippen molar-refractivity contribution in [2.24, 2.45) is 0 Å². The van der Waals surface area contributed by atoms with E-state index in [1.54, 1.807) is 7.11 Å². The Morgan fingerprint density at radius 2 is 1.94 bits per heavy atom. The summed E-state index contributed by atoms with van der Waals surface area (Å²) in [5, 5.41) is 14.0. The number of methoxy groups -OCH3 is 1. The second kappa shape index (κ2) is 11.3. The molecule has 1 heterocycles. The van der Waals surface area contributed by atoms with E-state index >= 15 is 0 Å². The molecule has 1 aromatic heterocycles. The van der Waals surface area contributed by atoms with E-state index in [2.05, 4.69) is 39.4 Å². The Labute approximate surface area is 205 Å². The van der Waals surface area contributed by atoms with Gasteiger partial charge in [-0.25, -0.2) is 0 Å². The van der Waals surface area contributed by atoms with E-state index in [0.29, 0.717) is 17.4 Å². The molecule has 0 saturated heterocycles. The van der Waals surface area contributed by atoms with Gasteiger partial charge in [-0.2, -0.15) is 5.10 Å². The molecule has 0 spiro atoms. The molecule has 1 aliphatic carbocycles. The van der Waals surface area contributed by atoms with Gasteiger partial charge in [0.2, 0.25) is 5.91 Å². The molecule has 3 N–H and O–H groups in total. The molecule has 8 nitrogen and oxygen atoms in total. The van der Waals surface area contributed by atoms with Crippen LogP contribution in [-0.4, -0.2) is 66.3 Å². The number of rotatable bonds is 9. The fraction of sp³-hybridized carbons (Fsp3) is 0.370. The molecule has 1 fully saturated rings. The number of H-pyrrole nitrogens is 1. The highest BCUT2D eigenvalue weighted by atomic mass is 16.5. The predicted octanol–water partition coefficient (Wildman–Crippen LogP) is 3.97. The highest BCUT2D eigenvalue weighted by molar-refractivity contribution is 6.06. The standard InChI is InChI=1S/C27H33N5O3/c1-4-25(33)28-21-7-5-6-18(16-21)19-8-13-24-23(17-19)26(31-30-24)27(34)29-20-9-11-22(12-10-20)32(2)14-15-35-3/h4-8,13,16-17,20,22H,1,9-12,14-15H2,2-3H3,(H,28,33)(H,29,34)(H,30,31). The molecular weight excluding hydrogens is 442 g/mol. The summed E-state index contributed by atoms with van der Waals surface area (Å²) >= 11 is 0. The van der Waals surface area contributed by atoms with Crippen molar-refractivity contribution in [2.45, 2.75) is 37.8 Å². The number of nitrogens with one attached hydrogen (secondary N) is 3. The summed E-state index contributed by atoms with van der Waals surface area (Å²) in [4.78, 5) is 27.1. The number of amides is 2. The van der Waals surface area contributed by atoms with Gasteiger partial charge in [0, 0.05) is 36.8 Å². The number of aromatic amines is 1. The Balaban J connectivity index is 1.45. The fourth-order valence-corrected chi connectivity index (χ4v) is 4.67. The lowest BCUT2D eigenvalue weighted by Crippen LogP contribution is -2.43. The normalized spacial score (nSPS) is 17.9. The van der Waals surface area contributed by atoms with E-state index in [4.69, 9.17) is 4.74 Å². The quantitative estimate of drug-likeness (QED) is 0.407. The van der Waals surface area contributed by atoms with Crippen molar-refractivity contribution in [2.75, 3.05) is 32.6 Å². The fourth-order valence-electron chi connectivity index (χ4n) is 4.67. The van der Waals surface area contributed by atoms with Gasteiger partial charge in [-0.05, 0) is 74.2 Å². The number of aromatic nitrogens is 2. The van der Waals surface area contributed by atoms with Crippen molar-refractivity contribution < 1.29 is 14.3 Å². The van der Waals surface area contributed by atoms with E-state index in [0.717, 1.165) is 60.9 Å². The maximum atomic E-state index is 13.1. The maximum absolute atomic E-state index is 13.1. The number of carbonyl (C=O) groups excluding carboxylic acids is 2. The Morgan fingerprint density at radius 3 is 2.69 bits per heavy atom. The lowest BCUT2D eigenvalue weighted by atomic mass is 9.90. The minimum atomic E-state index is -0.262. The van der Waals surface area contributed by atoms with Crippen molar-refractivity contribution in [1.29, 1.82) is 0 Å². The third-order valence-electron chi connectivity index (χ3n) is 6.73. The zero-order valence-electron chi connectivity index (χ0n) is 20.3. The molecular formula is C27H33N5O3. The number of nitrogens with zero attached hydrogens (tertiary/aromatic N) is 2. The van der Waals surface area contributed by atoms with Crippen LogP contribution in [0.4, 0.5) is 5.69 Å². The van der Waals surface area contributed by atoms with Crippen LogP contribution >= 0.6 is 0 Å². The van der Waals surface area contributed by atoms with Crippen molar-refractivity contribution in [3.05, 3.63) is 60.8 Å².